The second-order valence-electron chi connectivity index (χ2n) is 3.56. The molecule has 1 unspecified atom stereocenters. The first kappa shape index (κ1) is 11.5. The second-order valence-corrected chi connectivity index (χ2v) is 3.56. The summed E-state index contributed by atoms with van der Waals surface area (Å²) in [5, 5.41) is 0. The summed E-state index contributed by atoms with van der Waals surface area (Å²) in [5.41, 5.74) is 10.4. The van der Waals surface area contributed by atoms with Crippen molar-refractivity contribution in [3.05, 3.63) is 36.2 Å². The zero-order valence-electron chi connectivity index (χ0n) is 9.16. The molecule has 0 fully saturated rings. The molecule has 0 aromatic carbocycles. The lowest BCUT2D eigenvalue weighted by Crippen LogP contribution is -2.39. The minimum Gasteiger partial charge on any atom is -0.320 e. The van der Waals surface area contributed by atoms with Crippen LogP contribution in [0.1, 0.15) is 17.8 Å². The Balaban J connectivity index is 2.70. The molecule has 0 saturated carbocycles. The van der Waals surface area contributed by atoms with Crippen LogP contribution in [0.5, 0.6) is 0 Å². The molecule has 1 rings (SSSR count). The van der Waals surface area contributed by atoms with Crippen molar-refractivity contribution >= 4 is 5.91 Å². The molecule has 4 nitrogen and oxygen atoms in total. The van der Waals surface area contributed by atoms with Gasteiger partial charge in [0.05, 0.1) is 6.04 Å². The highest BCUT2D eigenvalue weighted by atomic mass is 16.2. The highest BCUT2D eigenvalue weighted by Crippen LogP contribution is 2.04. The SMILES string of the molecule is C=CCC(N)C(=O)Nn1c(C)ccc1C. The first-order valence-electron chi connectivity index (χ1n) is 4.88. The summed E-state index contributed by atoms with van der Waals surface area (Å²) in [7, 11) is 0. The van der Waals surface area contributed by atoms with Gasteiger partial charge in [-0.3, -0.25) is 14.9 Å². The smallest absolute Gasteiger partial charge is 0.256 e. The molecule has 15 heavy (non-hydrogen) atoms. The number of nitrogens with zero attached hydrogens (tertiary/aromatic N) is 1. The van der Waals surface area contributed by atoms with Crippen molar-refractivity contribution in [3.8, 4) is 0 Å². The van der Waals surface area contributed by atoms with Crippen LogP contribution < -0.4 is 11.2 Å². The van der Waals surface area contributed by atoms with Gasteiger partial charge in [-0.15, -0.1) is 6.58 Å². The van der Waals surface area contributed by atoms with E-state index in [0.717, 1.165) is 11.4 Å². The summed E-state index contributed by atoms with van der Waals surface area (Å²) in [4.78, 5) is 11.6. The van der Waals surface area contributed by atoms with Gasteiger partial charge in [0, 0.05) is 11.4 Å². The highest BCUT2D eigenvalue weighted by molar-refractivity contribution is 5.88. The van der Waals surface area contributed by atoms with Gasteiger partial charge in [-0.1, -0.05) is 6.08 Å². The largest absolute Gasteiger partial charge is 0.320 e. The van der Waals surface area contributed by atoms with E-state index in [1.54, 1.807) is 10.8 Å². The van der Waals surface area contributed by atoms with E-state index in [9.17, 15) is 4.79 Å². The van der Waals surface area contributed by atoms with Crippen molar-refractivity contribution in [2.45, 2.75) is 26.3 Å². The predicted octanol–water partition coefficient (Wildman–Crippen LogP) is 1.08. The van der Waals surface area contributed by atoms with Crippen LogP contribution in [0.3, 0.4) is 0 Å². The Kier molecular flexibility index (Phi) is 3.68. The van der Waals surface area contributed by atoms with E-state index < -0.39 is 6.04 Å². The third kappa shape index (κ3) is 2.70. The van der Waals surface area contributed by atoms with Gasteiger partial charge in [-0.25, -0.2) is 0 Å². The van der Waals surface area contributed by atoms with Crippen LogP contribution in [0.25, 0.3) is 0 Å². The summed E-state index contributed by atoms with van der Waals surface area (Å²) in [6.45, 7) is 7.39. The molecule has 4 heteroatoms. The van der Waals surface area contributed by atoms with Gasteiger partial charge in [-0.05, 0) is 32.4 Å². The van der Waals surface area contributed by atoms with Crippen LogP contribution in [-0.4, -0.2) is 16.6 Å². The average Bonchev–Trinajstić information content (AvgIpc) is 2.49. The Morgan fingerprint density at radius 2 is 2.13 bits per heavy atom. The molecule has 0 aliphatic heterocycles. The van der Waals surface area contributed by atoms with Crippen molar-refractivity contribution in [1.82, 2.24) is 4.68 Å². The third-order valence-electron chi connectivity index (χ3n) is 2.25. The molecule has 0 spiro atoms. The molecule has 1 heterocycles. The van der Waals surface area contributed by atoms with Crippen LogP contribution in [0.4, 0.5) is 0 Å². The summed E-state index contributed by atoms with van der Waals surface area (Å²) in [5.74, 6) is -0.197. The number of rotatable bonds is 4. The minimum atomic E-state index is -0.538. The molecule has 0 aliphatic rings. The number of carbonyl (C=O) groups is 1. The number of hydrogen-bond acceptors (Lipinski definition) is 2. The van der Waals surface area contributed by atoms with Gasteiger partial charge >= 0.3 is 0 Å². The third-order valence-corrected chi connectivity index (χ3v) is 2.25. The summed E-state index contributed by atoms with van der Waals surface area (Å²) in [6.07, 6.45) is 2.12. The molecule has 0 radical (unpaired) electrons. The number of carbonyl (C=O) groups excluding carboxylic acids is 1. The van der Waals surface area contributed by atoms with E-state index in [1.807, 2.05) is 26.0 Å². The number of hydrogen-bond donors (Lipinski definition) is 2. The normalized spacial score (nSPS) is 12.2. The van der Waals surface area contributed by atoms with Crippen LogP contribution in [0.2, 0.25) is 0 Å². The molecule has 0 bridgehead atoms. The van der Waals surface area contributed by atoms with Gasteiger partial charge in [-0.2, -0.15) is 0 Å². The Labute approximate surface area is 89.7 Å². The van der Waals surface area contributed by atoms with Gasteiger partial charge < -0.3 is 5.73 Å². The molecule has 1 aromatic heterocycles. The first-order valence-corrected chi connectivity index (χ1v) is 4.88. The fourth-order valence-corrected chi connectivity index (χ4v) is 1.32. The molecule has 3 N–H and O–H groups in total. The maximum atomic E-state index is 11.6. The van der Waals surface area contributed by atoms with Gasteiger partial charge in [0.2, 0.25) is 0 Å². The molecule has 1 atom stereocenters. The number of nitrogens with one attached hydrogen (secondary N) is 1. The Morgan fingerprint density at radius 3 is 2.60 bits per heavy atom. The van der Waals surface area contributed by atoms with Crippen LogP contribution in [0.15, 0.2) is 24.8 Å². The summed E-state index contributed by atoms with van der Waals surface area (Å²) >= 11 is 0. The van der Waals surface area contributed by atoms with Crippen LogP contribution in [-0.2, 0) is 4.79 Å². The topological polar surface area (TPSA) is 60.1 Å². The van der Waals surface area contributed by atoms with Gasteiger partial charge in [0.15, 0.2) is 0 Å². The Bertz CT molecular complexity index is 348. The van der Waals surface area contributed by atoms with E-state index in [0.29, 0.717) is 6.42 Å². The number of aromatic nitrogens is 1. The maximum Gasteiger partial charge on any atom is 0.256 e. The lowest BCUT2D eigenvalue weighted by molar-refractivity contribution is -0.118. The lowest BCUT2D eigenvalue weighted by Gasteiger charge is -2.14. The van der Waals surface area contributed by atoms with E-state index in [2.05, 4.69) is 12.0 Å². The molecular formula is C11H17N3O. The fourth-order valence-electron chi connectivity index (χ4n) is 1.32. The maximum absolute atomic E-state index is 11.6. The van der Waals surface area contributed by atoms with Crippen LogP contribution in [0, 0.1) is 13.8 Å². The molecular weight excluding hydrogens is 190 g/mol. The monoisotopic (exact) mass is 207 g/mol. The number of aryl methyl sites for hydroxylation is 2. The standard InChI is InChI=1S/C11H17N3O/c1-4-5-10(12)11(15)13-14-8(2)6-7-9(14)3/h4,6-7,10H,1,5,12H2,2-3H3,(H,13,15). The first-order chi connectivity index (χ1) is 7.06. The fraction of sp³-hybridized carbons (Fsp3) is 0.364. The summed E-state index contributed by atoms with van der Waals surface area (Å²) < 4.78 is 1.73. The second kappa shape index (κ2) is 4.79. The number of nitrogens with two attached hydrogens (primary N) is 1. The summed E-state index contributed by atoms with van der Waals surface area (Å²) in [6, 6.07) is 3.34. The quantitative estimate of drug-likeness (QED) is 0.726. The van der Waals surface area contributed by atoms with Crippen molar-refractivity contribution in [2.75, 3.05) is 5.43 Å². The highest BCUT2D eigenvalue weighted by Gasteiger charge is 2.12. The zero-order chi connectivity index (χ0) is 11.4. The molecule has 0 aliphatic carbocycles. The molecule has 82 valence electrons. The van der Waals surface area contributed by atoms with Crippen molar-refractivity contribution in [3.63, 3.8) is 0 Å². The Hall–Kier alpha value is -1.55. The predicted molar refractivity (Wildman–Crippen MR) is 61.1 cm³/mol. The van der Waals surface area contributed by atoms with E-state index in [-0.39, 0.29) is 5.91 Å². The number of amides is 1. The molecule has 1 aromatic rings. The van der Waals surface area contributed by atoms with E-state index >= 15 is 0 Å². The molecule has 1 amide bonds. The van der Waals surface area contributed by atoms with Crippen LogP contribution >= 0.6 is 0 Å². The van der Waals surface area contributed by atoms with E-state index in [1.165, 1.54) is 0 Å². The van der Waals surface area contributed by atoms with Gasteiger partial charge in [0.25, 0.3) is 5.91 Å². The van der Waals surface area contributed by atoms with Crippen molar-refractivity contribution in [2.24, 2.45) is 5.73 Å². The van der Waals surface area contributed by atoms with Crippen molar-refractivity contribution in [1.29, 1.82) is 0 Å². The van der Waals surface area contributed by atoms with E-state index in [4.69, 9.17) is 5.73 Å². The van der Waals surface area contributed by atoms with Crippen molar-refractivity contribution < 1.29 is 4.79 Å². The molecule has 0 saturated heterocycles. The Morgan fingerprint density at radius 1 is 1.60 bits per heavy atom. The lowest BCUT2D eigenvalue weighted by atomic mass is 10.2. The zero-order valence-corrected chi connectivity index (χ0v) is 9.16. The minimum absolute atomic E-state index is 0.197. The average molecular weight is 207 g/mol. The van der Waals surface area contributed by atoms with Gasteiger partial charge in [0.1, 0.15) is 0 Å².